The van der Waals surface area contributed by atoms with Gasteiger partial charge in [0.15, 0.2) is 0 Å². The maximum absolute atomic E-state index is 12.4. The molecule has 0 N–H and O–H groups in total. The Hall–Kier alpha value is -3.20. The molecule has 8 nitrogen and oxygen atoms in total. The molecule has 0 atom stereocenters. The molecule has 0 fully saturated rings. The topological polar surface area (TPSA) is 90.2 Å². The van der Waals surface area contributed by atoms with E-state index in [0.29, 0.717) is 35.0 Å². The van der Waals surface area contributed by atoms with Gasteiger partial charge in [0.1, 0.15) is 11.4 Å². The first-order valence-corrected chi connectivity index (χ1v) is 10.2. The fourth-order valence-corrected chi connectivity index (χ4v) is 4.08. The second kappa shape index (κ2) is 8.44. The molecule has 0 spiro atoms. The van der Waals surface area contributed by atoms with Gasteiger partial charge in [-0.2, -0.15) is 4.68 Å². The molecule has 0 saturated heterocycles. The summed E-state index contributed by atoms with van der Waals surface area (Å²) in [4.78, 5) is 26.1. The summed E-state index contributed by atoms with van der Waals surface area (Å²) in [5.74, 6) is 1.03. The van der Waals surface area contributed by atoms with Crippen LogP contribution in [0.5, 0.6) is 5.75 Å². The number of hydrogen-bond acceptors (Lipinski definition) is 7. The van der Waals surface area contributed by atoms with Crippen molar-refractivity contribution in [3.8, 4) is 11.4 Å². The summed E-state index contributed by atoms with van der Waals surface area (Å²) >= 11 is 1.52. The van der Waals surface area contributed by atoms with Crippen LogP contribution < -0.4 is 4.74 Å². The van der Waals surface area contributed by atoms with Crippen LogP contribution in [0.15, 0.2) is 53.7 Å². The van der Waals surface area contributed by atoms with Crippen molar-refractivity contribution in [2.75, 3.05) is 19.4 Å². The first-order valence-electron chi connectivity index (χ1n) is 9.20. The van der Waals surface area contributed by atoms with Gasteiger partial charge in [-0.1, -0.05) is 36.0 Å². The Bertz CT molecular complexity index is 1020. The van der Waals surface area contributed by atoms with E-state index >= 15 is 0 Å². The number of nitrogens with zero attached hydrogens (tertiary/aromatic N) is 5. The highest BCUT2D eigenvalue weighted by atomic mass is 32.2. The molecule has 1 aliphatic heterocycles. The van der Waals surface area contributed by atoms with Crippen LogP contribution >= 0.6 is 11.8 Å². The van der Waals surface area contributed by atoms with Gasteiger partial charge in [0.05, 0.1) is 18.2 Å². The third-order valence-corrected chi connectivity index (χ3v) is 5.65. The lowest BCUT2D eigenvalue weighted by Crippen LogP contribution is -2.30. The van der Waals surface area contributed by atoms with Gasteiger partial charge in [0, 0.05) is 12.3 Å². The number of tetrazole rings is 1. The van der Waals surface area contributed by atoms with Crippen LogP contribution in [0.4, 0.5) is 0 Å². The van der Waals surface area contributed by atoms with Crippen molar-refractivity contribution in [1.29, 1.82) is 0 Å². The van der Waals surface area contributed by atoms with Crippen molar-refractivity contribution in [2.24, 2.45) is 0 Å². The Balaban J connectivity index is 1.31. The number of para-hydroxylation sites is 2. The lowest BCUT2D eigenvalue weighted by molar-refractivity contribution is 0.0652. The minimum absolute atomic E-state index is 0.210. The number of benzene rings is 2. The van der Waals surface area contributed by atoms with E-state index < -0.39 is 0 Å². The van der Waals surface area contributed by atoms with Crippen LogP contribution in [0.25, 0.3) is 5.69 Å². The zero-order valence-electron chi connectivity index (χ0n) is 15.8. The summed E-state index contributed by atoms with van der Waals surface area (Å²) in [5.41, 5.74) is 1.75. The van der Waals surface area contributed by atoms with E-state index in [1.807, 2.05) is 24.3 Å². The molecule has 3 aromatic rings. The van der Waals surface area contributed by atoms with Crippen molar-refractivity contribution in [1.82, 2.24) is 25.1 Å². The van der Waals surface area contributed by atoms with Crippen LogP contribution in [0.2, 0.25) is 0 Å². The van der Waals surface area contributed by atoms with Crippen LogP contribution in [0.3, 0.4) is 0 Å². The predicted octanol–water partition coefficient (Wildman–Crippen LogP) is 2.84. The summed E-state index contributed by atoms with van der Waals surface area (Å²) in [7, 11) is 1.61. The number of thioether (sulfide) groups is 1. The molecule has 0 unspecified atom stereocenters. The number of hydrogen-bond donors (Lipinski definition) is 0. The molecule has 0 saturated carbocycles. The number of carbonyl (C=O) groups excluding carboxylic acids is 2. The number of carbonyl (C=O) groups is 2. The highest BCUT2D eigenvalue weighted by Gasteiger charge is 2.34. The van der Waals surface area contributed by atoms with Crippen LogP contribution in [0, 0.1) is 0 Å². The molecule has 2 amide bonds. The Morgan fingerprint density at radius 1 is 0.966 bits per heavy atom. The van der Waals surface area contributed by atoms with Gasteiger partial charge in [-0.15, -0.1) is 5.10 Å². The third kappa shape index (κ3) is 3.73. The summed E-state index contributed by atoms with van der Waals surface area (Å²) in [6, 6.07) is 14.5. The van der Waals surface area contributed by atoms with Gasteiger partial charge in [-0.05, 0) is 47.5 Å². The SMILES string of the molecule is COc1ccccc1-n1nnnc1SCCCCN1C(=O)c2ccccc2C1=O. The van der Waals surface area contributed by atoms with E-state index in [0.717, 1.165) is 17.9 Å². The fraction of sp³-hybridized carbons (Fsp3) is 0.250. The molecule has 1 aliphatic rings. The van der Waals surface area contributed by atoms with Crippen LogP contribution in [-0.2, 0) is 0 Å². The summed E-state index contributed by atoms with van der Waals surface area (Å²) in [6.07, 6.45) is 1.53. The second-order valence-electron chi connectivity index (χ2n) is 6.41. The molecule has 2 aromatic carbocycles. The zero-order valence-corrected chi connectivity index (χ0v) is 16.6. The van der Waals surface area contributed by atoms with E-state index in [-0.39, 0.29) is 11.8 Å². The van der Waals surface area contributed by atoms with E-state index in [1.54, 1.807) is 36.1 Å². The number of amides is 2. The van der Waals surface area contributed by atoms with E-state index in [1.165, 1.54) is 16.7 Å². The van der Waals surface area contributed by atoms with Gasteiger partial charge in [0.2, 0.25) is 5.16 Å². The molecule has 0 aliphatic carbocycles. The zero-order chi connectivity index (χ0) is 20.2. The van der Waals surface area contributed by atoms with Crippen LogP contribution in [0.1, 0.15) is 33.6 Å². The number of aromatic nitrogens is 4. The largest absolute Gasteiger partial charge is 0.494 e. The van der Waals surface area contributed by atoms with Crippen molar-refractivity contribution >= 4 is 23.6 Å². The summed E-state index contributed by atoms with van der Waals surface area (Å²) in [5, 5.41) is 12.6. The molecule has 4 rings (SSSR count). The summed E-state index contributed by atoms with van der Waals surface area (Å²) < 4.78 is 7.02. The van der Waals surface area contributed by atoms with Gasteiger partial charge < -0.3 is 4.74 Å². The van der Waals surface area contributed by atoms with Crippen molar-refractivity contribution in [3.05, 3.63) is 59.7 Å². The van der Waals surface area contributed by atoms with Gasteiger partial charge in [0.25, 0.3) is 11.8 Å². The fourth-order valence-electron chi connectivity index (χ4n) is 3.20. The number of imide groups is 1. The monoisotopic (exact) mass is 409 g/mol. The van der Waals surface area contributed by atoms with Gasteiger partial charge in [-0.3, -0.25) is 14.5 Å². The number of unbranched alkanes of at least 4 members (excludes halogenated alkanes) is 1. The van der Waals surface area contributed by atoms with Crippen molar-refractivity contribution in [2.45, 2.75) is 18.0 Å². The molecule has 1 aromatic heterocycles. The molecule has 9 heteroatoms. The quantitative estimate of drug-likeness (QED) is 0.321. The number of fused-ring (bicyclic) bond motifs is 1. The maximum atomic E-state index is 12.4. The first kappa shape index (κ1) is 19.1. The standard InChI is InChI=1S/C20H19N5O3S/c1-28-17-11-5-4-10-16(17)25-20(21-22-23-25)29-13-7-6-12-24-18(26)14-8-2-3-9-15(14)19(24)27/h2-5,8-11H,6-7,12-13H2,1H3. The molecule has 29 heavy (non-hydrogen) atoms. The first-order chi connectivity index (χ1) is 14.2. The molecule has 2 heterocycles. The number of ether oxygens (including phenoxy) is 1. The average molecular weight is 409 g/mol. The van der Waals surface area contributed by atoms with Gasteiger partial charge in [-0.25, -0.2) is 0 Å². The lowest BCUT2D eigenvalue weighted by Gasteiger charge is -2.13. The number of methoxy groups -OCH3 is 1. The maximum Gasteiger partial charge on any atom is 0.261 e. The van der Waals surface area contributed by atoms with Gasteiger partial charge >= 0.3 is 0 Å². The minimum Gasteiger partial charge on any atom is -0.494 e. The van der Waals surface area contributed by atoms with Crippen molar-refractivity contribution < 1.29 is 14.3 Å². The molecule has 0 bridgehead atoms. The van der Waals surface area contributed by atoms with E-state index in [4.69, 9.17) is 4.74 Å². The Labute approximate surface area is 171 Å². The lowest BCUT2D eigenvalue weighted by atomic mass is 10.1. The Morgan fingerprint density at radius 3 is 2.38 bits per heavy atom. The molecule has 148 valence electrons. The highest BCUT2D eigenvalue weighted by Crippen LogP contribution is 2.26. The van der Waals surface area contributed by atoms with Crippen LogP contribution in [-0.4, -0.2) is 56.3 Å². The molecular weight excluding hydrogens is 390 g/mol. The van der Waals surface area contributed by atoms with E-state index in [2.05, 4.69) is 15.5 Å². The molecular formula is C20H19N5O3S. The Kier molecular flexibility index (Phi) is 5.57. The second-order valence-corrected chi connectivity index (χ2v) is 7.47. The van der Waals surface area contributed by atoms with E-state index in [9.17, 15) is 9.59 Å². The third-order valence-electron chi connectivity index (χ3n) is 4.64. The smallest absolute Gasteiger partial charge is 0.261 e. The number of rotatable bonds is 8. The highest BCUT2D eigenvalue weighted by molar-refractivity contribution is 7.99. The Morgan fingerprint density at radius 2 is 1.66 bits per heavy atom. The predicted molar refractivity (Wildman–Crippen MR) is 107 cm³/mol. The minimum atomic E-state index is -0.210. The molecule has 0 radical (unpaired) electrons. The average Bonchev–Trinajstić information content (AvgIpc) is 3.32. The normalized spacial score (nSPS) is 13.1. The van der Waals surface area contributed by atoms with Crippen molar-refractivity contribution in [3.63, 3.8) is 0 Å². The summed E-state index contributed by atoms with van der Waals surface area (Å²) in [6.45, 7) is 0.407.